The molecule has 1 aromatic rings. The van der Waals surface area contributed by atoms with Crippen LogP contribution in [-0.4, -0.2) is 26.4 Å². The number of rotatable bonds is 4. The second-order valence-electron chi connectivity index (χ2n) is 7.90. The first-order chi connectivity index (χ1) is 9.91. The molecule has 1 fully saturated rings. The molecule has 1 heterocycles. The molecule has 1 atom stereocenters. The molecule has 124 valence electrons. The Morgan fingerprint density at radius 2 is 1.73 bits per heavy atom. The van der Waals surface area contributed by atoms with Crippen LogP contribution in [0.5, 0.6) is 5.75 Å². The van der Waals surface area contributed by atoms with Crippen LogP contribution < -0.4 is 4.74 Å². The maximum absolute atomic E-state index is 11.9. The highest BCUT2D eigenvalue weighted by molar-refractivity contribution is 7.91. The summed E-state index contributed by atoms with van der Waals surface area (Å²) in [7, 11) is -3.33. The van der Waals surface area contributed by atoms with Crippen LogP contribution in [0.1, 0.15) is 52.7 Å². The fourth-order valence-electron chi connectivity index (χ4n) is 2.18. The molecule has 5 heteroatoms. The van der Waals surface area contributed by atoms with Gasteiger partial charge in [-0.15, -0.1) is 0 Å². The van der Waals surface area contributed by atoms with E-state index in [1.165, 1.54) is 5.56 Å². The van der Waals surface area contributed by atoms with Gasteiger partial charge in [0.15, 0.2) is 11.4 Å². The van der Waals surface area contributed by atoms with E-state index in [4.69, 9.17) is 9.47 Å². The predicted molar refractivity (Wildman–Crippen MR) is 88.0 cm³/mol. The van der Waals surface area contributed by atoms with Crippen molar-refractivity contribution < 1.29 is 17.9 Å². The first-order valence-corrected chi connectivity index (χ1v) is 9.24. The van der Waals surface area contributed by atoms with Crippen LogP contribution in [0.3, 0.4) is 0 Å². The summed E-state index contributed by atoms with van der Waals surface area (Å²) in [6.45, 7) is 13.0. The van der Waals surface area contributed by atoms with Crippen molar-refractivity contribution in [2.45, 2.75) is 57.8 Å². The van der Waals surface area contributed by atoms with Gasteiger partial charge in [0.25, 0.3) is 0 Å². The minimum absolute atomic E-state index is 0.0342. The van der Waals surface area contributed by atoms with Crippen LogP contribution in [0.15, 0.2) is 18.2 Å². The fraction of sp³-hybridized carbons (Fsp3) is 0.647. The van der Waals surface area contributed by atoms with Gasteiger partial charge in [-0.05, 0) is 28.0 Å². The molecule has 0 spiro atoms. The van der Waals surface area contributed by atoms with Crippen molar-refractivity contribution in [2.24, 2.45) is 0 Å². The van der Waals surface area contributed by atoms with E-state index in [2.05, 4.69) is 47.6 Å². The van der Waals surface area contributed by atoms with E-state index in [1.807, 2.05) is 12.1 Å². The highest BCUT2D eigenvalue weighted by Gasteiger charge is 2.38. The Labute approximate surface area is 133 Å². The zero-order valence-corrected chi connectivity index (χ0v) is 15.1. The molecule has 0 N–H and O–H groups in total. The van der Waals surface area contributed by atoms with Crippen molar-refractivity contribution in [2.75, 3.05) is 12.5 Å². The summed E-state index contributed by atoms with van der Waals surface area (Å²) in [6, 6.07) is 6.00. The highest BCUT2D eigenvalue weighted by atomic mass is 32.2. The van der Waals surface area contributed by atoms with Crippen molar-refractivity contribution in [3.05, 3.63) is 29.3 Å². The average Bonchev–Trinajstić information content (AvgIpc) is 3.18. The van der Waals surface area contributed by atoms with Crippen LogP contribution in [0.2, 0.25) is 0 Å². The minimum atomic E-state index is -3.33. The smallest absolute Gasteiger partial charge is 0.214 e. The van der Waals surface area contributed by atoms with E-state index >= 15 is 0 Å². The zero-order valence-electron chi connectivity index (χ0n) is 14.3. The van der Waals surface area contributed by atoms with Crippen molar-refractivity contribution in [3.63, 3.8) is 0 Å². The standard InChI is InChI=1S/C17H26O4S/c1-16(2,3)12-7-8-14(13(9-12)17(4,5)6)21-11-22(18,19)15-10-20-15/h7-9,15H,10-11H2,1-6H3. The number of hydrogen-bond donors (Lipinski definition) is 0. The summed E-state index contributed by atoms with van der Waals surface area (Å²) in [5, 5.41) is 0. The Balaban J connectivity index is 2.30. The topological polar surface area (TPSA) is 55.9 Å². The Kier molecular flexibility index (Phi) is 4.35. The number of hydrogen-bond acceptors (Lipinski definition) is 4. The first kappa shape index (κ1) is 17.3. The maximum atomic E-state index is 11.9. The molecule has 1 aromatic carbocycles. The molecule has 1 aliphatic heterocycles. The lowest BCUT2D eigenvalue weighted by molar-refractivity contribution is 0.357. The third-order valence-corrected chi connectivity index (χ3v) is 5.26. The summed E-state index contributed by atoms with van der Waals surface area (Å²) in [5.74, 6) is 0.292. The molecular formula is C17H26O4S. The molecule has 0 amide bonds. The second kappa shape index (κ2) is 5.53. The summed E-state index contributed by atoms with van der Waals surface area (Å²) in [4.78, 5) is 0. The average molecular weight is 326 g/mol. The van der Waals surface area contributed by atoms with Gasteiger partial charge in [-0.1, -0.05) is 53.7 Å². The van der Waals surface area contributed by atoms with Gasteiger partial charge in [0.2, 0.25) is 9.84 Å². The van der Waals surface area contributed by atoms with E-state index in [1.54, 1.807) is 0 Å². The third kappa shape index (κ3) is 4.02. The molecule has 0 radical (unpaired) electrons. The molecule has 4 nitrogen and oxygen atoms in total. The summed E-state index contributed by atoms with van der Waals surface area (Å²) >= 11 is 0. The van der Waals surface area contributed by atoms with Crippen LogP contribution >= 0.6 is 0 Å². The molecular weight excluding hydrogens is 300 g/mol. The van der Waals surface area contributed by atoms with Gasteiger partial charge in [-0.25, -0.2) is 8.42 Å². The number of ether oxygens (including phenoxy) is 2. The number of sulfone groups is 1. The monoisotopic (exact) mass is 326 g/mol. The predicted octanol–water partition coefficient (Wildman–Crippen LogP) is 3.39. The van der Waals surface area contributed by atoms with Gasteiger partial charge in [0.05, 0.1) is 6.61 Å². The van der Waals surface area contributed by atoms with Crippen LogP contribution in [-0.2, 0) is 25.4 Å². The van der Waals surface area contributed by atoms with Crippen LogP contribution in [0, 0.1) is 0 Å². The quantitative estimate of drug-likeness (QED) is 0.796. The van der Waals surface area contributed by atoms with Gasteiger partial charge in [-0.2, -0.15) is 0 Å². The van der Waals surface area contributed by atoms with Crippen molar-refractivity contribution in [1.29, 1.82) is 0 Å². The molecule has 0 aliphatic carbocycles. The lowest BCUT2D eigenvalue weighted by atomic mass is 9.80. The molecule has 1 unspecified atom stereocenters. The van der Waals surface area contributed by atoms with Crippen molar-refractivity contribution in [1.82, 2.24) is 0 Å². The van der Waals surface area contributed by atoms with E-state index < -0.39 is 15.3 Å². The van der Waals surface area contributed by atoms with Crippen LogP contribution in [0.25, 0.3) is 0 Å². The first-order valence-electron chi connectivity index (χ1n) is 7.52. The van der Waals surface area contributed by atoms with Gasteiger partial charge in [-0.3, -0.25) is 0 Å². The molecule has 0 aromatic heterocycles. The highest BCUT2D eigenvalue weighted by Crippen LogP contribution is 2.35. The zero-order chi connectivity index (χ0) is 16.8. The van der Waals surface area contributed by atoms with Crippen molar-refractivity contribution in [3.8, 4) is 5.75 Å². The molecule has 0 bridgehead atoms. The SMILES string of the molecule is CC(C)(C)c1ccc(OCS(=O)(=O)C2CO2)c(C(C)(C)C)c1. The van der Waals surface area contributed by atoms with E-state index in [0.717, 1.165) is 5.56 Å². The minimum Gasteiger partial charge on any atom is -0.477 e. The van der Waals surface area contributed by atoms with E-state index in [-0.39, 0.29) is 23.4 Å². The summed E-state index contributed by atoms with van der Waals surface area (Å²) < 4.78 is 34.3. The van der Waals surface area contributed by atoms with Crippen LogP contribution in [0.4, 0.5) is 0 Å². The Bertz CT molecular complexity index is 644. The molecule has 1 saturated heterocycles. The third-order valence-electron chi connectivity index (χ3n) is 3.74. The summed E-state index contributed by atoms with van der Waals surface area (Å²) in [6.07, 6.45) is 0. The number of benzene rings is 1. The summed E-state index contributed by atoms with van der Waals surface area (Å²) in [5.41, 5.74) is 1.45. The molecule has 22 heavy (non-hydrogen) atoms. The van der Waals surface area contributed by atoms with E-state index in [0.29, 0.717) is 5.75 Å². The Morgan fingerprint density at radius 1 is 1.14 bits per heavy atom. The molecule has 0 saturated carbocycles. The van der Waals surface area contributed by atoms with Gasteiger partial charge >= 0.3 is 0 Å². The largest absolute Gasteiger partial charge is 0.477 e. The molecule has 2 rings (SSSR count). The lowest BCUT2D eigenvalue weighted by Crippen LogP contribution is -2.21. The number of epoxide rings is 1. The van der Waals surface area contributed by atoms with Crippen molar-refractivity contribution >= 4 is 9.84 Å². The Morgan fingerprint density at radius 3 is 2.18 bits per heavy atom. The normalized spacial score (nSPS) is 19.1. The van der Waals surface area contributed by atoms with Gasteiger partial charge in [0, 0.05) is 0 Å². The fourth-order valence-corrected chi connectivity index (χ4v) is 3.11. The molecule has 1 aliphatic rings. The van der Waals surface area contributed by atoms with Gasteiger partial charge in [0.1, 0.15) is 5.75 Å². The lowest BCUT2D eigenvalue weighted by Gasteiger charge is -2.27. The van der Waals surface area contributed by atoms with Gasteiger partial charge < -0.3 is 9.47 Å². The Hall–Kier alpha value is -1.07. The van der Waals surface area contributed by atoms with E-state index in [9.17, 15) is 8.42 Å². The maximum Gasteiger partial charge on any atom is 0.214 e. The second-order valence-corrected chi connectivity index (χ2v) is 9.99.